The van der Waals surface area contributed by atoms with Gasteiger partial charge in [0.25, 0.3) is 5.91 Å². The Morgan fingerprint density at radius 2 is 2.08 bits per heavy atom. The molecular weight excluding hydrogens is 318 g/mol. The summed E-state index contributed by atoms with van der Waals surface area (Å²) in [6.07, 6.45) is 1.14. The van der Waals surface area contributed by atoms with Crippen LogP contribution in [0.5, 0.6) is 0 Å². The van der Waals surface area contributed by atoms with E-state index in [4.69, 9.17) is 11.6 Å². The molecule has 1 atom stereocenters. The molecule has 0 bridgehead atoms. The first-order chi connectivity index (χ1) is 12.0. The largest absolute Gasteiger partial charge is 0.368 e. The average molecular weight is 335 g/mol. The van der Waals surface area contributed by atoms with Crippen molar-refractivity contribution in [2.45, 2.75) is 13.1 Å². The number of benzene rings is 2. The number of fused-ring (bicyclic) bond motifs is 1. The van der Waals surface area contributed by atoms with Gasteiger partial charge in [0, 0.05) is 10.9 Å². The highest BCUT2D eigenvalue weighted by Gasteiger charge is 2.36. The third-order valence-corrected chi connectivity index (χ3v) is 4.17. The molecule has 1 aromatic heterocycles. The third kappa shape index (κ3) is 2.53. The first-order valence-corrected chi connectivity index (χ1v) is 7.76. The molecule has 5 N–H and O–H groups in total. The van der Waals surface area contributed by atoms with E-state index in [1.165, 1.54) is 10.1 Å². The van der Waals surface area contributed by atoms with E-state index in [-0.39, 0.29) is 11.9 Å². The molecule has 1 aliphatic heterocycles. The Morgan fingerprint density at radius 3 is 2.88 bits per heavy atom. The number of rotatable bonds is 2. The molecule has 1 aliphatic rings. The minimum Gasteiger partial charge on any atom is -0.368 e. The van der Waals surface area contributed by atoms with E-state index in [2.05, 4.69) is 15.2 Å². The van der Waals surface area contributed by atoms with Crippen molar-refractivity contribution in [2.75, 3.05) is 0 Å². The van der Waals surface area contributed by atoms with Crippen LogP contribution in [-0.2, 0) is 0 Å². The van der Waals surface area contributed by atoms with E-state index in [0.717, 1.165) is 22.0 Å². The minimum atomic E-state index is -0.576. The third-order valence-electron chi connectivity index (χ3n) is 4.17. The van der Waals surface area contributed by atoms with Gasteiger partial charge in [-0.1, -0.05) is 23.8 Å². The van der Waals surface area contributed by atoms with Crippen molar-refractivity contribution < 1.29 is 4.79 Å². The number of hydrazine groups is 2. The van der Waals surface area contributed by atoms with E-state index >= 15 is 0 Å². The van der Waals surface area contributed by atoms with Crippen LogP contribution in [0.15, 0.2) is 53.7 Å². The van der Waals surface area contributed by atoms with E-state index in [1.807, 2.05) is 37.3 Å². The van der Waals surface area contributed by atoms with Gasteiger partial charge in [0.2, 0.25) is 5.96 Å². The number of hydrogen-bond acceptors (Lipinski definition) is 6. The summed E-state index contributed by atoms with van der Waals surface area (Å²) < 4.78 is 0. The number of aromatic amines is 1. The monoisotopic (exact) mass is 335 g/mol. The van der Waals surface area contributed by atoms with E-state index < -0.39 is 6.17 Å². The fourth-order valence-corrected chi connectivity index (χ4v) is 2.93. The lowest BCUT2D eigenvalue weighted by Gasteiger charge is -2.26. The van der Waals surface area contributed by atoms with Crippen LogP contribution < -0.4 is 11.6 Å². The summed E-state index contributed by atoms with van der Waals surface area (Å²) in [5.41, 5.74) is 9.19. The second-order valence-corrected chi connectivity index (χ2v) is 5.94. The minimum absolute atomic E-state index is 0.0614. The molecule has 4 rings (SSSR count). The Kier molecular flexibility index (Phi) is 3.48. The fraction of sp³-hybridized carbons (Fsp3) is 0.118. The van der Waals surface area contributed by atoms with Gasteiger partial charge in [-0.3, -0.25) is 9.89 Å². The molecule has 2 heterocycles. The summed E-state index contributed by atoms with van der Waals surface area (Å²) in [6, 6.07) is 12.9. The van der Waals surface area contributed by atoms with Gasteiger partial charge >= 0.3 is 0 Å². The van der Waals surface area contributed by atoms with Gasteiger partial charge in [-0.05, 0) is 36.8 Å². The molecule has 1 unspecified atom stereocenters. The maximum atomic E-state index is 12.8. The van der Waals surface area contributed by atoms with E-state index in [0.29, 0.717) is 5.56 Å². The second-order valence-electron chi connectivity index (χ2n) is 5.94. The zero-order valence-corrected chi connectivity index (χ0v) is 13.5. The number of aliphatic imine (C=N–C) groups is 1. The van der Waals surface area contributed by atoms with Gasteiger partial charge in [0.15, 0.2) is 6.17 Å². The van der Waals surface area contributed by atoms with Crippen LogP contribution in [0.25, 0.3) is 10.9 Å². The number of guanidine groups is 1. The number of H-pyrrole nitrogens is 1. The van der Waals surface area contributed by atoms with Gasteiger partial charge < -0.3 is 5.73 Å². The van der Waals surface area contributed by atoms with Crippen molar-refractivity contribution >= 4 is 22.8 Å². The maximum Gasteiger partial charge on any atom is 0.276 e. The molecule has 25 heavy (non-hydrogen) atoms. The van der Waals surface area contributed by atoms with E-state index in [1.54, 1.807) is 18.3 Å². The molecule has 0 spiro atoms. The number of carbonyl (C=O) groups excluding carboxylic acids is 1. The molecule has 0 saturated heterocycles. The highest BCUT2D eigenvalue weighted by molar-refractivity contribution is 6.05. The Bertz CT molecular complexity index is 993. The lowest BCUT2D eigenvalue weighted by Crippen LogP contribution is -2.52. The van der Waals surface area contributed by atoms with Crippen molar-refractivity contribution in [2.24, 2.45) is 16.6 Å². The smallest absolute Gasteiger partial charge is 0.276 e. The SMILES string of the molecule is Cc1cccc(C(=O)N2C(N)=NC(c3ccc4[nH]ncc4c3)N2N)c1. The fourth-order valence-electron chi connectivity index (χ4n) is 2.93. The Hall–Kier alpha value is -3.23. The van der Waals surface area contributed by atoms with Crippen molar-refractivity contribution in [1.82, 2.24) is 20.3 Å². The molecule has 0 saturated carbocycles. The van der Waals surface area contributed by atoms with Gasteiger partial charge in [-0.2, -0.15) is 10.1 Å². The highest BCUT2D eigenvalue weighted by atomic mass is 16.2. The number of aromatic nitrogens is 2. The topological polar surface area (TPSA) is 117 Å². The van der Waals surface area contributed by atoms with Gasteiger partial charge in [-0.25, -0.2) is 10.8 Å². The lowest BCUT2D eigenvalue weighted by molar-refractivity contribution is 0.0199. The second kappa shape index (κ2) is 5.69. The number of amides is 1. The molecule has 3 aromatic rings. The van der Waals surface area contributed by atoms with Crippen LogP contribution in [0.3, 0.4) is 0 Å². The Labute approximate surface area is 143 Å². The standard InChI is InChI=1S/C17H17N7O/c1-10-3-2-4-12(7-10)16(25)23-17(18)21-15(24(23)19)11-5-6-14-13(8-11)9-20-22-14/h2-9,15H,19H2,1H3,(H2,18,21)(H,20,22). The van der Waals surface area contributed by atoms with Crippen LogP contribution >= 0.6 is 0 Å². The van der Waals surface area contributed by atoms with E-state index in [9.17, 15) is 4.79 Å². The molecule has 0 radical (unpaired) electrons. The van der Waals surface area contributed by atoms with Crippen molar-refractivity contribution in [1.29, 1.82) is 0 Å². The zero-order valence-electron chi connectivity index (χ0n) is 13.5. The summed E-state index contributed by atoms with van der Waals surface area (Å²) in [6.45, 7) is 1.92. The van der Waals surface area contributed by atoms with Crippen molar-refractivity contribution in [3.8, 4) is 0 Å². The Balaban J connectivity index is 1.66. The molecule has 0 aliphatic carbocycles. The lowest BCUT2D eigenvalue weighted by atomic mass is 10.1. The number of aryl methyl sites for hydroxylation is 1. The number of carbonyl (C=O) groups is 1. The van der Waals surface area contributed by atoms with Gasteiger partial charge in [-0.15, -0.1) is 5.12 Å². The Morgan fingerprint density at radius 1 is 1.24 bits per heavy atom. The van der Waals surface area contributed by atoms with Gasteiger partial charge in [0.1, 0.15) is 0 Å². The normalized spacial score (nSPS) is 17.9. The predicted octanol–water partition coefficient (Wildman–Crippen LogP) is 1.43. The number of hydrogen-bond donors (Lipinski definition) is 3. The number of nitrogens with one attached hydrogen (secondary N) is 1. The molecule has 0 fully saturated rings. The summed E-state index contributed by atoms with van der Waals surface area (Å²) >= 11 is 0. The van der Waals surface area contributed by atoms with Gasteiger partial charge in [0.05, 0.1) is 11.7 Å². The summed E-state index contributed by atoms with van der Waals surface area (Å²) in [5, 5.41) is 10.3. The molecule has 126 valence electrons. The first kappa shape index (κ1) is 15.3. The molecular formula is C17H17N7O. The van der Waals surface area contributed by atoms with Crippen LogP contribution in [0.1, 0.15) is 27.7 Å². The summed E-state index contributed by atoms with van der Waals surface area (Å²) in [5.74, 6) is 5.90. The molecule has 8 nitrogen and oxygen atoms in total. The zero-order chi connectivity index (χ0) is 17.6. The predicted molar refractivity (Wildman–Crippen MR) is 93.8 cm³/mol. The highest BCUT2D eigenvalue weighted by Crippen LogP contribution is 2.29. The van der Waals surface area contributed by atoms with Crippen LogP contribution in [0.4, 0.5) is 0 Å². The van der Waals surface area contributed by atoms with Crippen molar-refractivity contribution in [3.05, 3.63) is 65.4 Å². The summed E-state index contributed by atoms with van der Waals surface area (Å²) in [7, 11) is 0. The first-order valence-electron chi connectivity index (χ1n) is 7.76. The number of nitrogens with zero attached hydrogens (tertiary/aromatic N) is 4. The summed E-state index contributed by atoms with van der Waals surface area (Å²) in [4.78, 5) is 17.1. The molecule has 2 aromatic carbocycles. The maximum absolute atomic E-state index is 12.8. The molecule has 8 heteroatoms. The number of nitrogens with two attached hydrogens (primary N) is 2. The van der Waals surface area contributed by atoms with Crippen LogP contribution in [0, 0.1) is 6.92 Å². The van der Waals surface area contributed by atoms with Crippen molar-refractivity contribution in [3.63, 3.8) is 0 Å². The average Bonchev–Trinajstić information content (AvgIpc) is 3.17. The molecule has 1 amide bonds. The van der Waals surface area contributed by atoms with Crippen LogP contribution in [-0.4, -0.2) is 32.2 Å². The van der Waals surface area contributed by atoms with Crippen LogP contribution in [0.2, 0.25) is 0 Å². The quantitative estimate of drug-likeness (QED) is 0.613.